The number of pyridine rings is 1. The lowest BCUT2D eigenvalue weighted by atomic mass is 9.42. The van der Waals surface area contributed by atoms with Crippen molar-refractivity contribution in [1.82, 2.24) is 4.98 Å². The zero-order chi connectivity index (χ0) is 33.8. The Balaban J connectivity index is 1.64. The molecule has 5 rings (SSSR count). The molecule has 2 fully saturated rings. The normalized spacial score (nSPS) is 33.2. The Labute approximate surface area is 269 Å². The zero-order valence-corrected chi connectivity index (χ0v) is 27.8. The molecule has 0 amide bonds. The van der Waals surface area contributed by atoms with E-state index in [2.05, 4.69) is 4.98 Å². The summed E-state index contributed by atoms with van der Waals surface area (Å²) in [4.78, 5) is 55.9. The molecule has 11 nitrogen and oxygen atoms in total. The Morgan fingerprint density at radius 2 is 1.76 bits per heavy atom. The number of esters is 3. The van der Waals surface area contributed by atoms with Crippen molar-refractivity contribution in [3.05, 3.63) is 46.6 Å². The average molecular weight is 640 g/mol. The topological polar surface area (TPSA) is 151 Å². The molecule has 8 atom stereocenters. The number of aliphatic hydroxyl groups excluding tert-OH is 1. The fourth-order valence-corrected chi connectivity index (χ4v) is 8.25. The van der Waals surface area contributed by atoms with Gasteiger partial charge in [-0.25, -0.2) is 4.79 Å². The van der Waals surface area contributed by atoms with Gasteiger partial charge in [-0.3, -0.25) is 19.4 Å². The van der Waals surface area contributed by atoms with Gasteiger partial charge in [-0.05, 0) is 49.7 Å². The van der Waals surface area contributed by atoms with Gasteiger partial charge in [-0.1, -0.05) is 41.5 Å². The van der Waals surface area contributed by atoms with Crippen LogP contribution in [0.5, 0.6) is 5.75 Å². The maximum absolute atomic E-state index is 13.5. The number of ether oxygens (including phenoxy) is 4. The van der Waals surface area contributed by atoms with Crippen molar-refractivity contribution in [3.63, 3.8) is 0 Å². The SMILES string of the molecule is CC(=O)O[C@H]1CC2C(C)(COC(=O)C(C)C)[C@@H](OC(=O)C(C)C)CC[C@]2(C)C2[C@@H](O)c3c(cc(-c4cccnc4)oc3=O)O[C@@]21C. The number of aromatic nitrogens is 1. The van der Waals surface area contributed by atoms with E-state index in [-0.39, 0.29) is 47.9 Å². The number of aliphatic hydroxyl groups is 1. The van der Waals surface area contributed by atoms with Crippen LogP contribution in [0.25, 0.3) is 11.3 Å². The molecule has 3 unspecified atom stereocenters. The van der Waals surface area contributed by atoms with Gasteiger partial charge in [-0.2, -0.15) is 0 Å². The van der Waals surface area contributed by atoms with Gasteiger partial charge < -0.3 is 28.5 Å². The van der Waals surface area contributed by atoms with Crippen molar-refractivity contribution in [2.75, 3.05) is 6.61 Å². The molecule has 1 aliphatic heterocycles. The van der Waals surface area contributed by atoms with Crippen LogP contribution in [0.3, 0.4) is 0 Å². The average Bonchev–Trinajstić information content (AvgIpc) is 2.98. The molecule has 2 aliphatic carbocycles. The summed E-state index contributed by atoms with van der Waals surface area (Å²) in [5.41, 5.74) is -3.15. The Morgan fingerprint density at radius 1 is 1.07 bits per heavy atom. The third-order valence-electron chi connectivity index (χ3n) is 10.6. The summed E-state index contributed by atoms with van der Waals surface area (Å²) in [5, 5.41) is 12.2. The molecular weight excluding hydrogens is 594 g/mol. The summed E-state index contributed by atoms with van der Waals surface area (Å²) in [7, 11) is 0. The van der Waals surface area contributed by atoms with Gasteiger partial charge in [0.25, 0.3) is 0 Å². The van der Waals surface area contributed by atoms with Crippen molar-refractivity contribution in [1.29, 1.82) is 0 Å². The molecule has 0 spiro atoms. The van der Waals surface area contributed by atoms with Crippen LogP contribution in [0.15, 0.2) is 39.8 Å². The van der Waals surface area contributed by atoms with Crippen LogP contribution in [0, 0.1) is 34.5 Å². The highest BCUT2D eigenvalue weighted by molar-refractivity contribution is 5.72. The third-order valence-corrected chi connectivity index (χ3v) is 10.6. The molecule has 3 heterocycles. The Morgan fingerprint density at radius 3 is 2.37 bits per heavy atom. The molecule has 0 bridgehead atoms. The first kappa shape index (κ1) is 33.6. The van der Waals surface area contributed by atoms with E-state index in [1.54, 1.807) is 65.2 Å². The Kier molecular flexibility index (Phi) is 8.87. The van der Waals surface area contributed by atoms with Gasteiger partial charge in [0, 0.05) is 42.3 Å². The highest BCUT2D eigenvalue weighted by Crippen LogP contribution is 2.67. The molecular formula is C35H45NO10. The minimum atomic E-state index is -1.35. The van der Waals surface area contributed by atoms with E-state index >= 15 is 0 Å². The van der Waals surface area contributed by atoms with E-state index < -0.39 is 64.1 Å². The fourth-order valence-electron chi connectivity index (χ4n) is 8.25. The molecule has 3 aliphatic rings. The van der Waals surface area contributed by atoms with E-state index in [4.69, 9.17) is 23.4 Å². The summed E-state index contributed by atoms with van der Waals surface area (Å²) in [6.45, 7) is 14.0. The maximum Gasteiger partial charge on any atom is 0.345 e. The number of hydrogen-bond donors (Lipinski definition) is 1. The van der Waals surface area contributed by atoms with Crippen molar-refractivity contribution in [3.8, 4) is 17.1 Å². The minimum Gasteiger partial charge on any atom is -0.482 e. The molecule has 0 radical (unpaired) electrons. The second kappa shape index (κ2) is 12.1. The van der Waals surface area contributed by atoms with Crippen LogP contribution >= 0.6 is 0 Å². The van der Waals surface area contributed by atoms with Crippen molar-refractivity contribution in [2.24, 2.45) is 34.5 Å². The van der Waals surface area contributed by atoms with E-state index in [1.807, 2.05) is 13.8 Å². The lowest BCUT2D eigenvalue weighted by molar-refractivity contribution is -0.271. The summed E-state index contributed by atoms with van der Waals surface area (Å²) in [6.07, 6.45) is 1.49. The lowest BCUT2D eigenvalue weighted by Crippen LogP contribution is -2.71. The largest absolute Gasteiger partial charge is 0.482 e. The number of carbonyl (C=O) groups is 3. The van der Waals surface area contributed by atoms with Crippen LogP contribution < -0.4 is 10.4 Å². The lowest BCUT2D eigenvalue weighted by Gasteiger charge is -2.66. The summed E-state index contributed by atoms with van der Waals surface area (Å²) in [6, 6.07) is 5.02. The van der Waals surface area contributed by atoms with E-state index in [0.717, 1.165) is 0 Å². The highest BCUT2D eigenvalue weighted by atomic mass is 16.6. The molecule has 2 aromatic rings. The van der Waals surface area contributed by atoms with Crippen molar-refractivity contribution < 1.29 is 42.9 Å². The van der Waals surface area contributed by atoms with E-state index in [0.29, 0.717) is 18.4 Å². The quantitative estimate of drug-likeness (QED) is 0.321. The maximum atomic E-state index is 13.5. The number of rotatable bonds is 7. The van der Waals surface area contributed by atoms with Crippen molar-refractivity contribution in [2.45, 2.75) is 98.6 Å². The Bertz CT molecular complexity index is 1550. The van der Waals surface area contributed by atoms with Gasteiger partial charge in [0.1, 0.15) is 41.5 Å². The number of nitrogens with zero attached hydrogens (tertiary/aromatic N) is 1. The number of fused-ring (bicyclic) bond motifs is 4. The summed E-state index contributed by atoms with van der Waals surface area (Å²) >= 11 is 0. The molecule has 0 saturated heterocycles. The molecule has 2 aromatic heterocycles. The summed E-state index contributed by atoms with van der Waals surface area (Å²) in [5.74, 6) is -2.84. The van der Waals surface area contributed by atoms with Crippen LogP contribution in [0.1, 0.15) is 86.3 Å². The predicted octanol–water partition coefficient (Wildman–Crippen LogP) is 5.03. The molecule has 2 saturated carbocycles. The second-order valence-corrected chi connectivity index (χ2v) is 14.4. The van der Waals surface area contributed by atoms with Gasteiger partial charge in [0.2, 0.25) is 0 Å². The van der Waals surface area contributed by atoms with Crippen LogP contribution in [0.2, 0.25) is 0 Å². The molecule has 1 N–H and O–H groups in total. The number of carbonyl (C=O) groups excluding carboxylic acids is 3. The van der Waals surface area contributed by atoms with Gasteiger partial charge >= 0.3 is 23.5 Å². The monoisotopic (exact) mass is 639 g/mol. The molecule has 46 heavy (non-hydrogen) atoms. The van der Waals surface area contributed by atoms with Crippen molar-refractivity contribution >= 4 is 17.9 Å². The smallest absolute Gasteiger partial charge is 0.345 e. The van der Waals surface area contributed by atoms with Gasteiger partial charge in [0.15, 0.2) is 0 Å². The molecule has 0 aromatic carbocycles. The second-order valence-electron chi connectivity index (χ2n) is 14.4. The third kappa shape index (κ3) is 5.60. The van der Waals surface area contributed by atoms with Crippen LogP contribution in [-0.2, 0) is 28.6 Å². The predicted molar refractivity (Wildman–Crippen MR) is 165 cm³/mol. The first-order chi connectivity index (χ1) is 21.5. The first-order valence-corrected chi connectivity index (χ1v) is 16.0. The fraction of sp³-hybridized carbons (Fsp3) is 0.629. The molecule has 250 valence electrons. The Hall–Kier alpha value is -3.73. The van der Waals surface area contributed by atoms with Crippen LogP contribution in [-0.4, -0.2) is 52.4 Å². The standard InChI is InChI=1S/C35H45NO10/c1-18(2)30(39)42-17-34(7)24-15-26(43-20(5)37)35(8)29(33(24,6)12-11-25(34)45-31(40)19(3)4)28(38)27-23(46-35)14-22(44-32(27)41)21-10-9-13-36-16-21/h9-10,13-14,16,18-19,24-26,28-29,38H,11-12,15,17H2,1-8H3/t24?,25-,26-,28-,29?,33-,34?,35+/m0/s1. The number of hydrogen-bond acceptors (Lipinski definition) is 11. The van der Waals surface area contributed by atoms with E-state index in [1.165, 1.54) is 6.92 Å². The minimum absolute atomic E-state index is 0.0140. The highest BCUT2D eigenvalue weighted by Gasteiger charge is 2.71. The van der Waals surface area contributed by atoms with Gasteiger partial charge in [0.05, 0.1) is 17.9 Å². The molecule has 11 heteroatoms. The van der Waals surface area contributed by atoms with Gasteiger partial charge in [-0.15, -0.1) is 0 Å². The zero-order valence-electron chi connectivity index (χ0n) is 27.8. The van der Waals surface area contributed by atoms with E-state index in [9.17, 15) is 24.3 Å². The van der Waals surface area contributed by atoms with Crippen LogP contribution in [0.4, 0.5) is 0 Å². The first-order valence-electron chi connectivity index (χ1n) is 16.0. The summed E-state index contributed by atoms with van der Waals surface area (Å²) < 4.78 is 30.3.